The van der Waals surface area contributed by atoms with Gasteiger partial charge in [0, 0.05) is 39.3 Å². The van der Waals surface area contributed by atoms with Gasteiger partial charge in [0.1, 0.15) is 0 Å². The third-order valence-corrected chi connectivity index (χ3v) is 4.99. The first-order chi connectivity index (χ1) is 11.8. The lowest BCUT2D eigenvalue weighted by atomic mass is 10.1. The number of ether oxygens (including phenoxy) is 3. The number of hydrogen-bond donors (Lipinski definition) is 0. The number of nitrogens with zero attached hydrogens (tertiary/aromatic N) is 2. The van der Waals surface area contributed by atoms with E-state index < -0.39 is 0 Å². The molecular weight excluding hydrogens is 308 g/mol. The van der Waals surface area contributed by atoms with Crippen LogP contribution in [0.25, 0.3) is 0 Å². The van der Waals surface area contributed by atoms with Crippen LogP contribution in [0.3, 0.4) is 0 Å². The predicted octanol–water partition coefficient (Wildman–Crippen LogP) is 1.63. The maximum Gasteiger partial charge on any atom is 0.231 e. The summed E-state index contributed by atoms with van der Waals surface area (Å²) in [6, 6.07) is 6.11. The molecule has 24 heavy (non-hydrogen) atoms. The Morgan fingerprint density at radius 1 is 1.12 bits per heavy atom. The predicted molar refractivity (Wildman–Crippen MR) is 88.0 cm³/mol. The summed E-state index contributed by atoms with van der Waals surface area (Å²) < 4.78 is 16.4. The minimum absolute atomic E-state index is 0.143. The number of amides is 1. The Labute approximate surface area is 142 Å². The van der Waals surface area contributed by atoms with Gasteiger partial charge in [0.25, 0.3) is 0 Å². The number of piperazine rings is 1. The molecule has 1 aromatic rings. The lowest BCUT2D eigenvalue weighted by Crippen LogP contribution is -2.48. The smallest absolute Gasteiger partial charge is 0.231 e. The monoisotopic (exact) mass is 332 g/mol. The molecule has 0 aliphatic carbocycles. The zero-order valence-corrected chi connectivity index (χ0v) is 13.9. The van der Waals surface area contributed by atoms with E-state index >= 15 is 0 Å². The Hall–Kier alpha value is -1.79. The maximum atomic E-state index is 12.3. The van der Waals surface area contributed by atoms with Gasteiger partial charge in [0.15, 0.2) is 11.5 Å². The van der Waals surface area contributed by atoms with Crippen LogP contribution in [0.5, 0.6) is 11.5 Å². The van der Waals surface area contributed by atoms with E-state index in [0.717, 1.165) is 63.7 Å². The summed E-state index contributed by atoms with van der Waals surface area (Å²) in [7, 11) is 0. The van der Waals surface area contributed by atoms with Crippen LogP contribution in [-0.2, 0) is 16.1 Å². The maximum absolute atomic E-state index is 12.3. The van der Waals surface area contributed by atoms with Gasteiger partial charge < -0.3 is 19.1 Å². The number of carbonyl (C=O) groups is 1. The Bertz CT molecular complexity index is 593. The molecule has 0 unspecified atom stereocenters. The molecule has 0 spiro atoms. The Morgan fingerprint density at radius 2 is 1.96 bits per heavy atom. The summed E-state index contributed by atoms with van der Waals surface area (Å²) in [5.74, 6) is 1.89. The lowest BCUT2D eigenvalue weighted by Gasteiger charge is -2.35. The molecular formula is C18H24N2O4. The molecule has 2 fully saturated rings. The molecule has 0 radical (unpaired) electrons. The fraction of sp³-hybridized carbons (Fsp3) is 0.611. The molecule has 2 saturated heterocycles. The van der Waals surface area contributed by atoms with Gasteiger partial charge in [-0.25, -0.2) is 0 Å². The van der Waals surface area contributed by atoms with E-state index in [1.807, 2.05) is 11.0 Å². The third kappa shape index (κ3) is 3.49. The van der Waals surface area contributed by atoms with Crippen LogP contribution in [0.4, 0.5) is 0 Å². The fourth-order valence-corrected chi connectivity index (χ4v) is 3.58. The van der Waals surface area contributed by atoms with Gasteiger partial charge in [-0.2, -0.15) is 0 Å². The van der Waals surface area contributed by atoms with Crippen LogP contribution >= 0.6 is 0 Å². The minimum atomic E-state index is 0.143. The molecule has 3 aliphatic heterocycles. The molecule has 3 aliphatic rings. The van der Waals surface area contributed by atoms with Crippen molar-refractivity contribution in [3.05, 3.63) is 23.8 Å². The largest absolute Gasteiger partial charge is 0.454 e. The van der Waals surface area contributed by atoms with E-state index in [0.29, 0.717) is 13.2 Å². The quantitative estimate of drug-likeness (QED) is 0.839. The summed E-state index contributed by atoms with van der Waals surface area (Å²) in [6.07, 6.45) is 2.79. The van der Waals surface area contributed by atoms with Crippen molar-refractivity contribution in [2.24, 2.45) is 0 Å². The highest BCUT2D eigenvalue weighted by Gasteiger charge is 2.25. The van der Waals surface area contributed by atoms with Crippen LogP contribution in [0, 0.1) is 0 Å². The topological polar surface area (TPSA) is 51.2 Å². The number of hydrogen-bond acceptors (Lipinski definition) is 5. The highest BCUT2D eigenvalue weighted by Crippen LogP contribution is 2.32. The van der Waals surface area contributed by atoms with Crippen LogP contribution in [0.1, 0.15) is 24.8 Å². The van der Waals surface area contributed by atoms with Gasteiger partial charge in [-0.3, -0.25) is 9.69 Å². The second kappa shape index (κ2) is 6.99. The first-order valence-electron chi connectivity index (χ1n) is 8.78. The van der Waals surface area contributed by atoms with Gasteiger partial charge >= 0.3 is 0 Å². The molecule has 0 N–H and O–H groups in total. The molecule has 1 amide bonds. The Balaban J connectivity index is 1.26. The van der Waals surface area contributed by atoms with E-state index in [-0.39, 0.29) is 12.0 Å². The third-order valence-electron chi connectivity index (χ3n) is 4.99. The van der Waals surface area contributed by atoms with Crippen molar-refractivity contribution in [2.75, 3.05) is 39.6 Å². The van der Waals surface area contributed by atoms with E-state index in [1.165, 1.54) is 5.56 Å². The molecule has 0 aromatic heterocycles. The summed E-state index contributed by atoms with van der Waals surface area (Å²) in [5.41, 5.74) is 1.22. The molecule has 1 aromatic carbocycles. The van der Waals surface area contributed by atoms with Gasteiger partial charge in [0.05, 0.1) is 12.5 Å². The van der Waals surface area contributed by atoms with Crippen molar-refractivity contribution in [1.29, 1.82) is 0 Å². The number of carbonyl (C=O) groups excluding carboxylic acids is 1. The van der Waals surface area contributed by atoms with E-state index in [1.54, 1.807) is 0 Å². The standard InChI is InChI=1S/C18H24N2O4/c21-18(11-15-2-1-9-22-15)20-7-5-19(6-8-20)12-14-3-4-16-17(10-14)24-13-23-16/h3-4,10,15H,1-2,5-9,11-13H2/t15-/m1/s1. The summed E-state index contributed by atoms with van der Waals surface area (Å²) in [5, 5.41) is 0. The zero-order chi connectivity index (χ0) is 16.4. The van der Waals surface area contributed by atoms with Crippen molar-refractivity contribution in [1.82, 2.24) is 9.80 Å². The number of benzene rings is 1. The van der Waals surface area contributed by atoms with Crippen molar-refractivity contribution < 1.29 is 19.0 Å². The molecule has 0 bridgehead atoms. The number of rotatable bonds is 4. The van der Waals surface area contributed by atoms with Gasteiger partial charge in [-0.1, -0.05) is 6.07 Å². The number of fused-ring (bicyclic) bond motifs is 1. The normalized spacial score (nSPS) is 23.7. The van der Waals surface area contributed by atoms with E-state index in [4.69, 9.17) is 14.2 Å². The second-order valence-corrected chi connectivity index (χ2v) is 6.68. The van der Waals surface area contributed by atoms with Crippen LogP contribution in [-0.4, -0.2) is 61.4 Å². The molecule has 1 atom stereocenters. The molecule has 130 valence electrons. The highest BCUT2D eigenvalue weighted by molar-refractivity contribution is 5.76. The fourth-order valence-electron chi connectivity index (χ4n) is 3.58. The van der Waals surface area contributed by atoms with Crippen LogP contribution in [0.15, 0.2) is 18.2 Å². The minimum Gasteiger partial charge on any atom is -0.454 e. The van der Waals surface area contributed by atoms with E-state index in [2.05, 4.69) is 17.0 Å². The van der Waals surface area contributed by atoms with Crippen molar-refractivity contribution in [3.8, 4) is 11.5 Å². The molecule has 0 saturated carbocycles. The first-order valence-corrected chi connectivity index (χ1v) is 8.78. The molecule has 4 rings (SSSR count). The van der Waals surface area contributed by atoms with Crippen molar-refractivity contribution >= 4 is 5.91 Å². The molecule has 3 heterocycles. The molecule has 6 heteroatoms. The Kier molecular flexibility index (Phi) is 4.58. The highest BCUT2D eigenvalue weighted by atomic mass is 16.7. The van der Waals surface area contributed by atoms with Crippen LogP contribution in [0.2, 0.25) is 0 Å². The SMILES string of the molecule is O=C(C[C@H]1CCCO1)N1CCN(Cc2ccc3c(c2)OCO3)CC1. The summed E-state index contributed by atoms with van der Waals surface area (Å²) in [4.78, 5) is 16.7. The van der Waals surface area contributed by atoms with Crippen molar-refractivity contribution in [3.63, 3.8) is 0 Å². The lowest BCUT2D eigenvalue weighted by molar-refractivity contribution is -0.135. The van der Waals surface area contributed by atoms with Crippen LogP contribution < -0.4 is 9.47 Å². The average Bonchev–Trinajstić information content (AvgIpc) is 3.26. The Morgan fingerprint density at radius 3 is 2.75 bits per heavy atom. The average molecular weight is 332 g/mol. The zero-order valence-electron chi connectivity index (χ0n) is 13.9. The summed E-state index contributed by atoms with van der Waals surface area (Å²) >= 11 is 0. The van der Waals surface area contributed by atoms with Gasteiger partial charge in [0.2, 0.25) is 12.7 Å². The summed E-state index contributed by atoms with van der Waals surface area (Å²) in [6.45, 7) is 5.42. The molecule has 6 nitrogen and oxygen atoms in total. The van der Waals surface area contributed by atoms with E-state index in [9.17, 15) is 4.79 Å². The van der Waals surface area contributed by atoms with Gasteiger partial charge in [-0.05, 0) is 30.5 Å². The second-order valence-electron chi connectivity index (χ2n) is 6.68. The first kappa shape index (κ1) is 15.7. The van der Waals surface area contributed by atoms with Gasteiger partial charge in [-0.15, -0.1) is 0 Å². The van der Waals surface area contributed by atoms with Crippen molar-refractivity contribution in [2.45, 2.75) is 31.9 Å².